The largest absolute Gasteiger partial charge is 0.300 e. The number of carbonyl (C=O) groups excluding carboxylic acids is 1. The van der Waals surface area contributed by atoms with Crippen LogP contribution in [-0.2, 0) is 4.79 Å². The Morgan fingerprint density at radius 1 is 1.23 bits per heavy atom. The molecule has 1 aliphatic rings. The minimum Gasteiger partial charge on any atom is -0.300 e. The van der Waals surface area contributed by atoms with E-state index >= 15 is 0 Å². The Morgan fingerprint density at radius 3 is 2.86 bits per heavy atom. The first-order valence-electron chi connectivity index (χ1n) is 6.87. The topological polar surface area (TPSA) is 83.6 Å². The van der Waals surface area contributed by atoms with Gasteiger partial charge in [0.05, 0.1) is 23.1 Å². The lowest BCUT2D eigenvalue weighted by Crippen LogP contribution is -2.37. The molecule has 1 aromatic carbocycles. The summed E-state index contributed by atoms with van der Waals surface area (Å²) in [6, 6.07) is 13.0. The molecule has 3 aromatic rings. The van der Waals surface area contributed by atoms with Crippen LogP contribution in [-0.4, -0.2) is 20.4 Å². The van der Waals surface area contributed by atoms with E-state index in [9.17, 15) is 10.1 Å². The van der Waals surface area contributed by atoms with Gasteiger partial charge in [-0.1, -0.05) is 18.2 Å². The standard InChI is InChI=1S/C16H11N5O/c17-8-11-14(10-4-3-7-18-9-10)21-13-6-2-1-5-12(13)19-16(21)20-15(11)22/h1-7,9,11,14H,(H,19,20,22)/t11-,14-/m0/s1. The number of rotatable bonds is 1. The monoisotopic (exact) mass is 289 g/mol. The molecule has 0 aliphatic carbocycles. The molecular weight excluding hydrogens is 278 g/mol. The van der Waals surface area contributed by atoms with Crippen molar-refractivity contribution in [3.63, 3.8) is 0 Å². The molecule has 4 rings (SSSR count). The fourth-order valence-corrected chi connectivity index (χ4v) is 2.92. The number of para-hydroxylation sites is 2. The first-order chi connectivity index (χ1) is 10.8. The molecule has 3 heterocycles. The number of fused-ring (bicyclic) bond motifs is 3. The smallest absolute Gasteiger partial charge is 0.246 e. The van der Waals surface area contributed by atoms with E-state index < -0.39 is 12.0 Å². The third kappa shape index (κ3) is 1.69. The molecule has 2 atom stereocenters. The number of imidazole rings is 1. The number of hydrogen-bond acceptors (Lipinski definition) is 4. The van der Waals surface area contributed by atoms with E-state index in [-0.39, 0.29) is 5.91 Å². The number of anilines is 1. The maximum Gasteiger partial charge on any atom is 0.246 e. The minimum atomic E-state index is -0.825. The normalized spacial score (nSPS) is 20.2. The van der Waals surface area contributed by atoms with E-state index in [1.807, 2.05) is 34.9 Å². The van der Waals surface area contributed by atoms with Gasteiger partial charge in [0.15, 0.2) is 5.92 Å². The summed E-state index contributed by atoms with van der Waals surface area (Å²) in [5, 5.41) is 12.2. The van der Waals surface area contributed by atoms with Gasteiger partial charge >= 0.3 is 0 Å². The molecule has 0 saturated heterocycles. The summed E-state index contributed by atoms with van der Waals surface area (Å²) in [5.74, 6) is -0.694. The Balaban J connectivity index is 2.03. The van der Waals surface area contributed by atoms with Crippen LogP contribution in [0.3, 0.4) is 0 Å². The summed E-state index contributed by atoms with van der Waals surface area (Å²) >= 11 is 0. The molecule has 22 heavy (non-hydrogen) atoms. The number of hydrogen-bond donors (Lipinski definition) is 1. The maximum absolute atomic E-state index is 12.2. The van der Waals surface area contributed by atoms with Crippen molar-refractivity contribution in [1.82, 2.24) is 14.5 Å². The van der Waals surface area contributed by atoms with Crippen LogP contribution in [0.2, 0.25) is 0 Å². The van der Waals surface area contributed by atoms with Crippen molar-refractivity contribution in [3.05, 3.63) is 54.4 Å². The zero-order valence-corrected chi connectivity index (χ0v) is 11.5. The second-order valence-corrected chi connectivity index (χ2v) is 5.12. The zero-order valence-electron chi connectivity index (χ0n) is 11.5. The summed E-state index contributed by atoms with van der Waals surface area (Å²) in [4.78, 5) is 20.8. The summed E-state index contributed by atoms with van der Waals surface area (Å²) in [7, 11) is 0. The molecule has 106 valence electrons. The Morgan fingerprint density at radius 2 is 2.09 bits per heavy atom. The number of pyridine rings is 1. The number of benzene rings is 1. The number of nitrogens with one attached hydrogen (secondary N) is 1. The van der Waals surface area contributed by atoms with Gasteiger partial charge in [0, 0.05) is 12.4 Å². The molecular formula is C16H11N5O. The lowest BCUT2D eigenvalue weighted by molar-refractivity contribution is -0.119. The van der Waals surface area contributed by atoms with Crippen LogP contribution in [0.5, 0.6) is 0 Å². The lowest BCUT2D eigenvalue weighted by Gasteiger charge is -2.29. The fourth-order valence-electron chi connectivity index (χ4n) is 2.92. The molecule has 0 radical (unpaired) electrons. The molecule has 1 amide bonds. The van der Waals surface area contributed by atoms with Gasteiger partial charge in [-0.15, -0.1) is 0 Å². The molecule has 6 heteroatoms. The van der Waals surface area contributed by atoms with E-state index in [1.54, 1.807) is 18.5 Å². The summed E-state index contributed by atoms with van der Waals surface area (Å²) in [6.45, 7) is 0. The SMILES string of the molecule is N#C[C@@H]1C(=O)Nc2nc3ccccc3n2[C@H]1c1cccnc1. The maximum atomic E-state index is 12.2. The zero-order chi connectivity index (χ0) is 15.1. The lowest BCUT2D eigenvalue weighted by atomic mass is 9.92. The molecule has 0 unspecified atom stereocenters. The molecule has 0 bridgehead atoms. The van der Waals surface area contributed by atoms with Crippen molar-refractivity contribution in [2.24, 2.45) is 5.92 Å². The average molecular weight is 289 g/mol. The highest BCUT2D eigenvalue weighted by atomic mass is 16.2. The second kappa shape index (κ2) is 4.67. The van der Waals surface area contributed by atoms with E-state index in [1.165, 1.54) is 0 Å². The van der Waals surface area contributed by atoms with Gasteiger partial charge in [-0.3, -0.25) is 15.1 Å². The van der Waals surface area contributed by atoms with Gasteiger partial charge in [0.2, 0.25) is 11.9 Å². The van der Waals surface area contributed by atoms with E-state index in [0.29, 0.717) is 5.95 Å². The van der Waals surface area contributed by atoms with Crippen molar-refractivity contribution < 1.29 is 4.79 Å². The first-order valence-corrected chi connectivity index (χ1v) is 6.87. The third-order valence-electron chi connectivity index (χ3n) is 3.87. The van der Waals surface area contributed by atoms with Gasteiger partial charge < -0.3 is 4.57 Å². The first kappa shape index (κ1) is 12.5. The highest BCUT2D eigenvalue weighted by Crippen LogP contribution is 2.37. The van der Waals surface area contributed by atoms with Crippen LogP contribution in [0.4, 0.5) is 5.95 Å². The average Bonchev–Trinajstić information content (AvgIpc) is 2.92. The van der Waals surface area contributed by atoms with Crippen LogP contribution < -0.4 is 5.32 Å². The van der Waals surface area contributed by atoms with E-state index in [0.717, 1.165) is 16.6 Å². The number of nitrogens with zero attached hydrogens (tertiary/aromatic N) is 4. The molecule has 0 fully saturated rings. The Bertz CT molecular complexity index is 909. The molecule has 6 nitrogen and oxygen atoms in total. The van der Waals surface area contributed by atoms with Crippen molar-refractivity contribution in [1.29, 1.82) is 5.26 Å². The van der Waals surface area contributed by atoms with Gasteiger partial charge in [0.25, 0.3) is 0 Å². The molecule has 0 saturated carbocycles. The van der Waals surface area contributed by atoms with Crippen LogP contribution >= 0.6 is 0 Å². The van der Waals surface area contributed by atoms with Crippen LogP contribution in [0.15, 0.2) is 48.8 Å². The van der Waals surface area contributed by atoms with Crippen LogP contribution in [0.1, 0.15) is 11.6 Å². The highest BCUT2D eigenvalue weighted by Gasteiger charge is 2.38. The van der Waals surface area contributed by atoms with E-state index in [2.05, 4.69) is 21.4 Å². The van der Waals surface area contributed by atoms with E-state index in [4.69, 9.17) is 0 Å². The van der Waals surface area contributed by atoms with Crippen molar-refractivity contribution in [2.45, 2.75) is 6.04 Å². The van der Waals surface area contributed by atoms with Gasteiger partial charge in [-0.2, -0.15) is 5.26 Å². The predicted octanol–water partition coefficient (Wildman–Crippen LogP) is 2.11. The number of aromatic nitrogens is 3. The Kier molecular flexibility index (Phi) is 2.66. The fraction of sp³-hybridized carbons (Fsp3) is 0.125. The van der Waals surface area contributed by atoms with Gasteiger partial charge in [0.1, 0.15) is 0 Å². The number of amides is 1. The van der Waals surface area contributed by atoms with Gasteiger partial charge in [-0.05, 0) is 23.8 Å². The highest BCUT2D eigenvalue weighted by molar-refractivity contribution is 5.97. The molecule has 0 spiro atoms. The summed E-state index contributed by atoms with van der Waals surface area (Å²) < 4.78 is 1.90. The molecule has 2 aromatic heterocycles. The second-order valence-electron chi connectivity index (χ2n) is 5.12. The summed E-state index contributed by atoms with van der Waals surface area (Å²) in [5.41, 5.74) is 2.48. The minimum absolute atomic E-state index is 0.334. The van der Waals surface area contributed by atoms with Gasteiger partial charge in [-0.25, -0.2) is 4.98 Å². The van der Waals surface area contributed by atoms with Crippen LogP contribution in [0.25, 0.3) is 11.0 Å². The van der Waals surface area contributed by atoms with Crippen molar-refractivity contribution in [3.8, 4) is 6.07 Å². The quantitative estimate of drug-likeness (QED) is 0.743. The Hall–Kier alpha value is -3.20. The van der Waals surface area contributed by atoms with Crippen molar-refractivity contribution >= 4 is 22.9 Å². The number of nitriles is 1. The van der Waals surface area contributed by atoms with Crippen LogP contribution in [0, 0.1) is 17.2 Å². The number of carbonyl (C=O) groups is 1. The van der Waals surface area contributed by atoms with Crippen molar-refractivity contribution in [2.75, 3.05) is 5.32 Å². The molecule has 1 aliphatic heterocycles. The molecule has 1 N–H and O–H groups in total. The summed E-state index contributed by atoms with van der Waals surface area (Å²) in [6.07, 6.45) is 3.35. The third-order valence-corrected chi connectivity index (χ3v) is 3.87. The predicted molar refractivity (Wildman–Crippen MR) is 79.8 cm³/mol. The Labute approximate surface area is 126 Å².